The van der Waals surface area contributed by atoms with Gasteiger partial charge in [0.05, 0.1) is 6.61 Å². The Bertz CT molecular complexity index is 942. The van der Waals surface area contributed by atoms with Crippen LogP contribution in [0.4, 0.5) is 0 Å². The monoisotopic (exact) mass is 465 g/mol. The van der Waals surface area contributed by atoms with E-state index in [1.807, 2.05) is 54.6 Å². The van der Waals surface area contributed by atoms with Crippen molar-refractivity contribution >= 4 is 11.8 Å². The summed E-state index contributed by atoms with van der Waals surface area (Å²) in [5.74, 6) is 1.61. The lowest BCUT2D eigenvalue weighted by Crippen LogP contribution is -2.53. The van der Waals surface area contributed by atoms with Crippen LogP contribution in [0.5, 0.6) is 5.75 Å². The highest BCUT2D eigenvalue weighted by Gasteiger charge is 2.44. The molecule has 1 amide bonds. The van der Waals surface area contributed by atoms with Crippen molar-refractivity contribution in [3.8, 4) is 5.75 Å². The lowest BCUT2D eigenvalue weighted by Gasteiger charge is -2.25. The number of aliphatic hydroxyl groups excluding tert-OH is 1. The van der Waals surface area contributed by atoms with Gasteiger partial charge in [-0.2, -0.15) is 0 Å². The van der Waals surface area contributed by atoms with Gasteiger partial charge in [-0.25, -0.2) is 10.4 Å². The zero-order valence-electron chi connectivity index (χ0n) is 19.7. The number of amides is 1. The van der Waals surface area contributed by atoms with Crippen molar-refractivity contribution in [2.75, 3.05) is 26.4 Å². The summed E-state index contributed by atoms with van der Waals surface area (Å²) in [7, 11) is 0. The van der Waals surface area contributed by atoms with Crippen LogP contribution in [0.15, 0.2) is 59.6 Å². The SMILES string of the molecule is O=C(NNCC1CCCCC1)[C@]1(Cc2ccccc2)COC(c2ccc(OCCCO)cc2)=N1. The van der Waals surface area contributed by atoms with E-state index in [-0.39, 0.29) is 19.1 Å². The minimum Gasteiger partial charge on any atom is -0.494 e. The van der Waals surface area contributed by atoms with Gasteiger partial charge in [-0.05, 0) is 48.6 Å². The van der Waals surface area contributed by atoms with Gasteiger partial charge in [0.15, 0.2) is 5.54 Å². The van der Waals surface area contributed by atoms with Gasteiger partial charge in [-0.1, -0.05) is 49.6 Å². The third-order valence-electron chi connectivity index (χ3n) is 6.52. The number of aliphatic hydroxyl groups is 1. The molecule has 2 aromatic carbocycles. The Labute approximate surface area is 201 Å². The fourth-order valence-electron chi connectivity index (χ4n) is 4.55. The highest BCUT2D eigenvalue weighted by Crippen LogP contribution is 2.28. The molecular formula is C27H35N3O4. The molecule has 1 heterocycles. The van der Waals surface area contributed by atoms with Crippen molar-refractivity contribution in [1.29, 1.82) is 0 Å². The average Bonchev–Trinajstić information content (AvgIpc) is 3.31. The predicted molar refractivity (Wildman–Crippen MR) is 132 cm³/mol. The fraction of sp³-hybridized carbons (Fsp3) is 0.481. The van der Waals surface area contributed by atoms with E-state index in [1.54, 1.807) is 0 Å². The van der Waals surface area contributed by atoms with Crippen molar-refractivity contribution in [2.45, 2.75) is 50.5 Å². The largest absolute Gasteiger partial charge is 0.494 e. The fourth-order valence-corrected chi connectivity index (χ4v) is 4.55. The van der Waals surface area contributed by atoms with E-state index >= 15 is 0 Å². The van der Waals surface area contributed by atoms with E-state index < -0.39 is 5.54 Å². The molecule has 1 saturated carbocycles. The first kappa shape index (κ1) is 24.2. The summed E-state index contributed by atoms with van der Waals surface area (Å²) in [5, 5.41) is 8.90. The Kier molecular flexibility index (Phi) is 8.55. The minimum atomic E-state index is -1.04. The Morgan fingerprint density at radius 1 is 1.09 bits per heavy atom. The van der Waals surface area contributed by atoms with Crippen LogP contribution in [-0.4, -0.2) is 48.8 Å². The highest BCUT2D eigenvalue weighted by molar-refractivity contribution is 6.00. The van der Waals surface area contributed by atoms with E-state index in [2.05, 4.69) is 10.9 Å². The molecule has 0 unspecified atom stereocenters. The summed E-state index contributed by atoms with van der Waals surface area (Å²) < 4.78 is 11.6. The van der Waals surface area contributed by atoms with Crippen LogP contribution in [0.2, 0.25) is 0 Å². The molecule has 34 heavy (non-hydrogen) atoms. The van der Waals surface area contributed by atoms with E-state index in [4.69, 9.17) is 19.6 Å². The van der Waals surface area contributed by atoms with Crippen LogP contribution >= 0.6 is 0 Å². The molecule has 0 aromatic heterocycles. The number of nitrogens with zero attached hydrogens (tertiary/aromatic N) is 1. The van der Waals surface area contributed by atoms with Gasteiger partial charge in [0.25, 0.3) is 5.91 Å². The Hall–Kier alpha value is -2.90. The number of ether oxygens (including phenoxy) is 2. The third kappa shape index (κ3) is 6.36. The smallest absolute Gasteiger partial charge is 0.266 e. The maximum Gasteiger partial charge on any atom is 0.266 e. The molecule has 7 nitrogen and oxygen atoms in total. The second-order valence-corrected chi connectivity index (χ2v) is 9.19. The molecule has 7 heteroatoms. The summed E-state index contributed by atoms with van der Waals surface area (Å²) in [6.45, 7) is 1.52. The maximum absolute atomic E-state index is 13.4. The van der Waals surface area contributed by atoms with Crippen LogP contribution in [0.25, 0.3) is 0 Å². The van der Waals surface area contributed by atoms with Crippen LogP contribution in [0, 0.1) is 5.92 Å². The Morgan fingerprint density at radius 3 is 2.59 bits per heavy atom. The number of carbonyl (C=O) groups excluding carboxylic acids is 1. The number of rotatable bonds is 11. The van der Waals surface area contributed by atoms with Crippen LogP contribution in [0.3, 0.4) is 0 Å². The summed E-state index contributed by atoms with van der Waals surface area (Å²) in [4.78, 5) is 18.2. The Morgan fingerprint density at radius 2 is 1.85 bits per heavy atom. The molecule has 1 aliphatic carbocycles. The molecule has 0 bridgehead atoms. The zero-order valence-corrected chi connectivity index (χ0v) is 19.7. The number of aliphatic imine (C=N–C) groups is 1. The van der Waals surface area contributed by atoms with E-state index in [9.17, 15) is 4.79 Å². The molecule has 4 rings (SSSR count). The molecular weight excluding hydrogens is 430 g/mol. The van der Waals surface area contributed by atoms with E-state index in [0.717, 1.165) is 23.4 Å². The number of hydrogen-bond donors (Lipinski definition) is 3. The summed E-state index contributed by atoms with van der Waals surface area (Å²) in [6, 6.07) is 17.4. The first-order chi connectivity index (χ1) is 16.7. The van der Waals surface area contributed by atoms with Gasteiger partial charge in [0.2, 0.25) is 5.90 Å². The lowest BCUT2D eigenvalue weighted by atomic mass is 9.89. The van der Waals surface area contributed by atoms with Crippen LogP contribution in [0.1, 0.15) is 49.7 Å². The Balaban J connectivity index is 1.46. The topological polar surface area (TPSA) is 92.2 Å². The van der Waals surface area contributed by atoms with Gasteiger partial charge in [-0.3, -0.25) is 10.2 Å². The standard InChI is InChI=1S/C27H35N3O4/c31-16-7-17-33-24-14-12-23(13-15-24)25-29-27(20-34-25,18-21-8-3-1-4-9-21)26(32)30-28-19-22-10-5-2-6-11-22/h1,3-4,8-9,12-15,22,28,31H,2,5-7,10-11,16-20H2,(H,30,32)/t27-/m0/s1. The third-order valence-corrected chi connectivity index (χ3v) is 6.52. The number of benzene rings is 2. The van der Waals surface area contributed by atoms with Gasteiger partial charge in [0, 0.05) is 31.6 Å². The molecule has 1 fully saturated rings. The number of nitrogens with one attached hydrogen (secondary N) is 2. The lowest BCUT2D eigenvalue weighted by molar-refractivity contribution is -0.127. The van der Waals surface area contributed by atoms with Crippen molar-refractivity contribution in [3.63, 3.8) is 0 Å². The zero-order chi connectivity index (χ0) is 23.6. The van der Waals surface area contributed by atoms with Gasteiger partial charge in [0.1, 0.15) is 12.4 Å². The second-order valence-electron chi connectivity index (χ2n) is 9.19. The first-order valence-corrected chi connectivity index (χ1v) is 12.3. The molecule has 182 valence electrons. The molecule has 0 spiro atoms. The molecule has 3 N–H and O–H groups in total. The molecule has 1 aliphatic heterocycles. The molecule has 1 atom stereocenters. The molecule has 0 radical (unpaired) electrons. The number of hydrogen-bond acceptors (Lipinski definition) is 6. The number of carbonyl (C=O) groups is 1. The van der Waals surface area contributed by atoms with Gasteiger partial charge < -0.3 is 14.6 Å². The van der Waals surface area contributed by atoms with Crippen molar-refractivity contribution < 1.29 is 19.4 Å². The molecule has 0 saturated heterocycles. The van der Waals surface area contributed by atoms with Crippen molar-refractivity contribution in [2.24, 2.45) is 10.9 Å². The average molecular weight is 466 g/mol. The van der Waals surface area contributed by atoms with Crippen LogP contribution < -0.4 is 15.6 Å². The summed E-state index contributed by atoms with van der Waals surface area (Å²) >= 11 is 0. The molecule has 2 aromatic rings. The number of hydrazine groups is 1. The predicted octanol–water partition coefficient (Wildman–Crippen LogP) is 3.41. The first-order valence-electron chi connectivity index (χ1n) is 12.3. The van der Waals surface area contributed by atoms with Crippen molar-refractivity contribution in [3.05, 3.63) is 65.7 Å². The second kappa shape index (κ2) is 12.0. The normalized spacial score (nSPS) is 20.4. The summed E-state index contributed by atoms with van der Waals surface area (Å²) in [5.41, 5.74) is 6.89. The van der Waals surface area contributed by atoms with E-state index in [1.165, 1.54) is 32.1 Å². The van der Waals surface area contributed by atoms with Gasteiger partial charge in [-0.15, -0.1) is 0 Å². The van der Waals surface area contributed by atoms with Crippen LogP contribution in [-0.2, 0) is 16.0 Å². The summed E-state index contributed by atoms with van der Waals surface area (Å²) in [6.07, 6.45) is 7.32. The van der Waals surface area contributed by atoms with Crippen molar-refractivity contribution in [1.82, 2.24) is 10.9 Å². The maximum atomic E-state index is 13.4. The quantitative estimate of drug-likeness (QED) is 0.349. The molecule has 2 aliphatic rings. The van der Waals surface area contributed by atoms with Gasteiger partial charge >= 0.3 is 0 Å². The highest BCUT2D eigenvalue weighted by atomic mass is 16.5. The van der Waals surface area contributed by atoms with E-state index in [0.29, 0.717) is 31.3 Å². The minimum absolute atomic E-state index is 0.101.